The largest absolute Gasteiger partial charge is 0.480 e. The molecule has 102 valence electrons. The van der Waals surface area contributed by atoms with E-state index in [0.29, 0.717) is 6.54 Å². The van der Waals surface area contributed by atoms with Crippen LogP contribution in [0.2, 0.25) is 0 Å². The van der Waals surface area contributed by atoms with Crippen molar-refractivity contribution in [2.75, 3.05) is 13.2 Å². The Balaban J connectivity index is 2.26. The van der Waals surface area contributed by atoms with E-state index in [9.17, 15) is 9.59 Å². The van der Waals surface area contributed by atoms with Crippen LogP contribution in [0, 0.1) is 0 Å². The lowest BCUT2D eigenvalue weighted by Crippen LogP contribution is -2.48. The van der Waals surface area contributed by atoms with E-state index in [-0.39, 0.29) is 12.5 Å². The number of hydrogen-bond donors (Lipinski definition) is 3. The number of carbonyl (C=O) groups excluding carboxylic acids is 1. The molecule has 2 amide bonds. The first kappa shape index (κ1) is 14.5. The molecule has 2 unspecified atom stereocenters. The number of urea groups is 1. The maximum atomic E-state index is 11.5. The van der Waals surface area contributed by atoms with Crippen molar-refractivity contribution in [3.63, 3.8) is 0 Å². The summed E-state index contributed by atoms with van der Waals surface area (Å²) in [5, 5.41) is 13.9. The zero-order valence-corrected chi connectivity index (χ0v) is 10.4. The van der Waals surface area contributed by atoms with Crippen LogP contribution < -0.4 is 10.6 Å². The predicted molar refractivity (Wildman–Crippen MR) is 66.4 cm³/mol. The van der Waals surface area contributed by atoms with Crippen LogP contribution in [-0.2, 0) is 9.53 Å². The number of carboxylic acid groups (broad SMARTS) is 1. The first-order valence-corrected chi connectivity index (χ1v) is 6.13. The SMILES string of the molecule is C=CCC(NC(=O)NCC1CCCCO1)C(=O)O. The number of aliphatic carboxylic acids is 1. The smallest absolute Gasteiger partial charge is 0.326 e. The van der Waals surface area contributed by atoms with Crippen molar-refractivity contribution >= 4 is 12.0 Å². The second-order valence-electron chi connectivity index (χ2n) is 4.26. The van der Waals surface area contributed by atoms with Gasteiger partial charge in [-0.2, -0.15) is 0 Å². The number of hydrogen-bond acceptors (Lipinski definition) is 3. The summed E-state index contributed by atoms with van der Waals surface area (Å²) in [4.78, 5) is 22.3. The molecule has 1 rings (SSSR count). The van der Waals surface area contributed by atoms with Gasteiger partial charge >= 0.3 is 12.0 Å². The van der Waals surface area contributed by atoms with Crippen LogP contribution >= 0.6 is 0 Å². The maximum absolute atomic E-state index is 11.5. The molecule has 1 fully saturated rings. The van der Waals surface area contributed by atoms with Crippen LogP contribution in [0.3, 0.4) is 0 Å². The molecule has 0 aliphatic carbocycles. The van der Waals surface area contributed by atoms with Gasteiger partial charge in [0.25, 0.3) is 0 Å². The van der Waals surface area contributed by atoms with Crippen molar-refractivity contribution in [3.8, 4) is 0 Å². The Morgan fingerprint density at radius 3 is 2.83 bits per heavy atom. The molecule has 3 N–H and O–H groups in total. The van der Waals surface area contributed by atoms with Crippen LogP contribution in [0.15, 0.2) is 12.7 Å². The fraction of sp³-hybridized carbons (Fsp3) is 0.667. The fourth-order valence-corrected chi connectivity index (χ4v) is 1.77. The number of amides is 2. The maximum Gasteiger partial charge on any atom is 0.326 e. The van der Waals surface area contributed by atoms with Gasteiger partial charge in [0.2, 0.25) is 0 Å². The third-order valence-electron chi connectivity index (χ3n) is 2.77. The summed E-state index contributed by atoms with van der Waals surface area (Å²) in [6, 6.07) is -1.42. The van der Waals surface area contributed by atoms with Crippen molar-refractivity contribution in [1.82, 2.24) is 10.6 Å². The van der Waals surface area contributed by atoms with Crippen LogP contribution in [0.1, 0.15) is 25.7 Å². The van der Waals surface area contributed by atoms with Gasteiger partial charge < -0.3 is 20.5 Å². The molecule has 0 radical (unpaired) electrons. The summed E-state index contributed by atoms with van der Waals surface area (Å²) < 4.78 is 5.45. The molecule has 0 aromatic carbocycles. The highest BCUT2D eigenvalue weighted by Gasteiger charge is 2.19. The average molecular weight is 256 g/mol. The highest BCUT2D eigenvalue weighted by atomic mass is 16.5. The van der Waals surface area contributed by atoms with Gasteiger partial charge in [-0.25, -0.2) is 9.59 Å². The van der Waals surface area contributed by atoms with Gasteiger partial charge in [-0.3, -0.25) is 0 Å². The Bertz CT molecular complexity index is 300. The Morgan fingerprint density at radius 1 is 1.50 bits per heavy atom. The van der Waals surface area contributed by atoms with E-state index in [2.05, 4.69) is 17.2 Å². The molecule has 1 saturated heterocycles. The predicted octanol–water partition coefficient (Wildman–Crippen LogP) is 0.884. The van der Waals surface area contributed by atoms with Crippen LogP contribution in [0.4, 0.5) is 4.79 Å². The number of ether oxygens (including phenoxy) is 1. The van der Waals surface area contributed by atoms with Gasteiger partial charge in [0.1, 0.15) is 6.04 Å². The molecule has 6 nitrogen and oxygen atoms in total. The molecule has 0 aromatic heterocycles. The zero-order chi connectivity index (χ0) is 13.4. The first-order valence-electron chi connectivity index (χ1n) is 6.13. The van der Waals surface area contributed by atoms with Gasteiger partial charge in [0.15, 0.2) is 0 Å². The van der Waals surface area contributed by atoms with E-state index < -0.39 is 18.0 Å². The lowest BCUT2D eigenvalue weighted by atomic mass is 10.1. The van der Waals surface area contributed by atoms with E-state index >= 15 is 0 Å². The van der Waals surface area contributed by atoms with Crippen LogP contribution in [0.5, 0.6) is 0 Å². The summed E-state index contributed by atoms with van der Waals surface area (Å²) in [6.07, 6.45) is 4.78. The summed E-state index contributed by atoms with van der Waals surface area (Å²) in [6.45, 7) is 4.59. The topological polar surface area (TPSA) is 87.7 Å². The summed E-state index contributed by atoms with van der Waals surface area (Å²) in [5.41, 5.74) is 0. The van der Waals surface area contributed by atoms with Crippen molar-refractivity contribution in [3.05, 3.63) is 12.7 Å². The second-order valence-corrected chi connectivity index (χ2v) is 4.26. The molecule has 1 heterocycles. The average Bonchev–Trinajstić information content (AvgIpc) is 2.37. The molecule has 6 heteroatoms. The van der Waals surface area contributed by atoms with E-state index in [0.717, 1.165) is 25.9 Å². The molecule has 0 bridgehead atoms. The number of nitrogens with one attached hydrogen (secondary N) is 2. The minimum absolute atomic E-state index is 0.0344. The van der Waals surface area contributed by atoms with Crippen molar-refractivity contribution < 1.29 is 19.4 Å². The lowest BCUT2D eigenvalue weighted by Gasteiger charge is -2.23. The number of carbonyl (C=O) groups is 2. The van der Waals surface area contributed by atoms with Gasteiger partial charge in [0, 0.05) is 13.2 Å². The second kappa shape index (κ2) is 7.71. The molecular formula is C12H20N2O4. The Morgan fingerprint density at radius 2 is 2.28 bits per heavy atom. The van der Waals surface area contributed by atoms with Crippen molar-refractivity contribution in [1.29, 1.82) is 0 Å². The van der Waals surface area contributed by atoms with E-state index in [1.807, 2.05) is 0 Å². The molecule has 2 atom stereocenters. The van der Waals surface area contributed by atoms with Crippen molar-refractivity contribution in [2.45, 2.75) is 37.8 Å². The van der Waals surface area contributed by atoms with E-state index in [4.69, 9.17) is 9.84 Å². The minimum Gasteiger partial charge on any atom is -0.480 e. The van der Waals surface area contributed by atoms with Crippen molar-refractivity contribution in [2.24, 2.45) is 0 Å². The van der Waals surface area contributed by atoms with E-state index in [1.165, 1.54) is 6.08 Å². The lowest BCUT2D eigenvalue weighted by molar-refractivity contribution is -0.139. The number of rotatable bonds is 6. The summed E-state index contributed by atoms with van der Waals surface area (Å²) in [5.74, 6) is -1.07. The van der Waals surface area contributed by atoms with Gasteiger partial charge in [0.05, 0.1) is 6.10 Å². The highest BCUT2D eigenvalue weighted by molar-refractivity contribution is 5.82. The standard InChI is InChI=1S/C12H20N2O4/c1-2-5-10(11(15)16)14-12(17)13-8-9-6-3-4-7-18-9/h2,9-10H,1,3-8H2,(H,15,16)(H2,13,14,17). The van der Waals surface area contributed by atoms with Crippen LogP contribution in [-0.4, -0.2) is 42.4 Å². The van der Waals surface area contributed by atoms with E-state index in [1.54, 1.807) is 0 Å². The minimum atomic E-state index is -1.07. The zero-order valence-electron chi connectivity index (χ0n) is 10.4. The Labute approximate surface area is 106 Å². The molecule has 0 saturated carbocycles. The fourth-order valence-electron chi connectivity index (χ4n) is 1.77. The Kier molecular flexibility index (Phi) is 6.21. The molecule has 1 aliphatic heterocycles. The molecule has 0 aromatic rings. The van der Waals surface area contributed by atoms with Gasteiger partial charge in [-0.1, -0.05) is 6.08 Å². The third kappa shape index (κ3) is 5.18. The highest BCUT2D eigenvalue weighted by Crippen LogP contribution is 2.11. The summed E-state index contributed by atoms with van der Waals surface area (Å²) >= 11 is 0. The molecular weight excluding hydrogens is 236 g/mol. The molecule has 1 aliphatic rings. The first-order chi connectivity index (χ1) is 8.63. The molecule has 18 heavy (non-hydrogen) atoms. The summed E-state index contributed by atoms with van der Waals surface area (Å²) in [7, 11) is 0. The third-order valence-corrected chi connectivity index (χ3v) is 2.77. The monoisotopic (exact) mass is 256 g/mol. The Hall–Kier alpha value is -1.56. The molecule has 0 spiro atoms. The number of carboxylic acids is 1. The van der Waals surface area contributed by atoms with Gasteiger partial charge in [-0.05, 0) is 25.7 Å². The van der Waals surface area contributed by atoms with Gasteiger partial charge in [-0.15, -0.1) is 6.58 Å². The quantitative estimate of drug-likeness (QED) is 0.616. The normalized spacial score (nSPS) is 20.8. The van der Waals surface area contributed by atoms with Crippen LogP contribution in [0.25, 0.3) is 0 Å².